The molecule has 1 atom stereocenters. The minimum atomic E-state index is -1.29. The minimum absolute atomic E-state index is 0.447. The van der Waals surface area contributed by atoms with Crippen molar-refractivity contribution in [1.82, 2.24) is 0 Å². The Bertz CT molecular complexity index is 310. The Morgan fingerprint density at radius 2 is 1.59 bits per heavy atom. The number of ether oxygens (including phenoxy) is 2. The van der Waals surface area contributed by atoms with Crippen molar-refractivity contribution in [2.45, 2.75) is 52.7 Å². The highest BCUT2D eigenvalue weighted by Crippen LogP contribution is 2.19. The molecule has 17 heavy (non-hydrogen) atoms. The normalized spacial score (nSPS) is 13.8. The topological polar surface area (TPSA) is 52.6 Å². The summed E-state index contributed by atoms with van der Waals surface area (Å²) in [5.41, 5.74) is -1.90. The van der Waals surface area contributed by atoms with Crippen molar-refractivity contribution in [3.8, 4) is 0 Å². The number of hydrogen-bond acceptors (Lipinski definition) is 4. The van der Waals surface area contributed by atoms with Gasteiger partial charge in [0, 0.05) is 0 Å². The molecule has 0 aromatic rings. The van der Waals surface area contributed by atoms with Gasteiger partial charge in [0.15, 0.2) is 0 Å². The molecule has 0 aliphatic carbocycles. The molecule has 0 aliphatic heterocycles. The monoisotopic (exact) mass is 242 g/mol. The van der Waals surface area contributed by atoms with E-state index in [1.807, 2.05) is 0 Å². The molecule has 0 aromatic carbocycles. The molecule has 0 saturated carbocycles. The van der Waals surface area contributed by atoms with E-state index in [2.05, 4.69) is 6.58 Å². The highest BCUT2D eigenvalue weighted by atomic mass is 16.6. The predicted molar refractivity (Wildman–Crippen MR) is 65.4 cm³/mol. The van der Waals surface area contributed by atoms with Crippen molar-refractivity contribution in [1.29, 1.82) is 0 Å². The van der Waals surface area contributed by atoms with Gasteiger partial charge in [-0.3, -0.25) is 4.79 Å². The minimum Gasteiger partial charge on any atom is -0.457 e. The van der Waals surface area contributed by atoms with Crippen LogP contribution in [-0.2, 0) is 19.1 Å². The van der Waals surface area contributed by atoms with Gasteiger partial charge in [0.2, 0.25) is 5.60 Å². The molecule has 0 amide bonds. The summed E-state index contributed by atoms with van der Waals surface area (Å²) in [5, 5.41) is 0. The molecule has 1 unspecified atom stereocenters. The summed E-state index contributed by atoms with van der Waals surface area (Å²) in [6.45, 7) is 13.4. The summed E-state index contributed by atoms with van der Waals surface area (Å²) in [7, 11) is 0. The second-order valence-electron chi connectivity index (χ2n) is 5.46. The Labute approximate surface area is 103 Å². The zero-order valence-corrected chi connectivity index (χ0v) is 11.5. The van der Waals surface area contributed by atoms with Gasteiger partial charge in [0.25, 0.3) is 0 Å². The summed E-state index contributed by atoms with van der Waals surface area (Å²) in [5.74, 6) is -1.50. The van der Waals surface area contributed by atoms with Crippen molar-refractivity contribution >= 4 is 11.9 Å². The molecular weight excluding hydrogens is 220 g/mol. The largest absolute Gasteiger partial charge is 0.457 e. The van der Waals surface area contributed by atoms with Gasteiger partial charge in [-0.05, 0) is 41.5 Å². The van der Waals surface area contributed by atoms with Crippen LogP contribution in [0.3, 0.4) is 0 Å². The fraction of sp³-hybridized carbons (Fsp3) is 0.692. The lowest BCUT2D eigenvalue weighted by molar-refractivity contribution is -0.187. The zero-order chi connectivity index (χ0) is 13.9. The first-order chi connectivity index (χ1) is 7.49. The number of rotatable bonds is 4. The van der Waals surface area contributed by atoms with Gasteiger partial charge in [-0.15, -0.1) is 6.58 Å². The fourth-order valence-corrected chi connectivity index (χ4v) is 0.883. The van der Waals surface area contributed by atoms with E-state index in [0.717, 1.165) is 0 Å². The smallest absolute Gasteiger partial charge is 0.350 e. The van der Waals surface area contributed by atoms with Crippen LogP contribution in [0, 0.1) is 5.92 Å². The maximum atomic E-state index is 11.8. The molecule has 4 heteroatoms. The maximum Gasteiger partial charge on any atom is 0.350 e. The molecule has 0 heterocycles. The van der Waals surface area contributed by atoms with Crippen LogP contribution in [-0.4, -0.2) is 23.1 Å². The fourth-order valence-electron chi connectivity index (χ4n) is 0.883. The van der Waals surface area contributed by atoms with Gasteiger partial charge < -0.3 is 9.47 Å². The Hall–Kier alpha value is -1.32. The van der Waals surface area contributed by atoms with E-state index < -0.39 is 29.1 Å². The molecule has 0 rings (SSSR count). The molecule has 0 saturated heterocycles. The van der Waals surface area contributed by atoms with Crippen LogP contribution >= 0.6 is 0 Å². The van der Waals surface area contributed by atoms with Crippen LogP contribution in [0.2, 0.25) is 0 Å². The van der Waals surface area contributed by atoms with E-state index in [0.29, 0.717) is 0 Å². The standard InChI is InChI=1S/C13H22O4/c1-8-9(2)10(14)16-13(6,7)11(15)17-12(3,4)5/h8-9H,1H2,2-7H3. The quantitative estimate of drug-likeness (QED) is 0.561. The number of esters is 2. The van der Waals surface area contributed by atoms with Crippen molar-refractivity contribution in [3.63, 3.8) is 0 Å². The van der Waals surface area contributed by atoms with Gasteiger partial charge in [0.05, 0.1) is 5.92 Å². The van der Waals surface area contributed by atoms with Gasteiger partial charge in [0.1, 0.15) is 5.60 Å². The molecule has 0 bridgehead atoms. The summed E-state index contributed by atoms with van der Waals surface area (Å²) in [4.78, 5) is 23.4. The molecule has 0 radical (unpaired) electrons. The van der Waals surface area contributed by atoms with Crippen LogP contribution in [0.15, 0.2) is 12.7 Å². The lowest BCUT2D eigenvalue weighted by atomic mass is 10.1. The summed E-state index contributed by atoms with van der Waals surface area (Å²) >= 11 is 0. The SMILES string of the molecule is C=CC(C)C(=O)OC(C)(C)C(=O)OC(C)(C)C. The molecule has 0 aromatic heterocycles. The first-order valence-corrected chi connectivity index (χ1v) is 5.58. The van der Waals surface area contributed by atoms with Crippen molar-refractivity contribution in [2.24, 2.45) is 5.92 Å². The summed E-state index contributed by atoms with van der Waals surface area (Å²) < 4.78 is 10.3. The molecular formula is C13H22O4. The van der Waals surface area contributed by atoms with E-state index in [-0.39, 0.29) is 0 Å². The third kappa shape index (κ3) is 5.52. The second-order valence-corrected chi connectivity index (χ2v) is 5.46. The highest BCUT2D eigenvalue weighted by molar-refractivity contribution is 5.84. The zero-order valence-electron chi connectivity index (χ0n) is 11.5. The van der Waals surface area contributed by atoms with Crippen molar-refractivity contribution < 1.29 is 19.1 Å². The Morgan fingerprint density at radius 1 is 1.12 bits per heavy atom. The van der Waals surface area contributed by atoms with Gasteiger partial charge in [-0.1, -0.05) is 6.08 Å². The summed E-state index contributed by atoms with van der Waals surface area (Å²) in [6.07, 6.45) is 1.47. The van der Waals surface area contributed by atoms with E-state index in [9.17, 15) is 9.59 Å². The lowest BCUT2D eigenvalue weighted by Crippen LogP contribution is -2.43. The average Bonchev–Trinajstić information content (AvgIpc) is 2.13. The molecule has 0 aliphatic rings. The van der Waals surface area contributed by atoms with Crippen LogP contribution in [0.25, 0.3) is 0 Å². The molecule has 0 N–H and O–H groups in total. The number of carbonyl (C=O) groups is 2. The Balaban J connectivity index is 4.62. The maximum absolute atomic E-state index is 11.8. The molecule has 0 spiro atoms. The van der Waals surface area contributed by atoms with Gasteiger partial charge in [-0.25, -0.2) is 4.79 Å². The Kier molecular flexibility index (Phi) is 4.93. The van der Waals surface area contributed by atoms with Crippen LogP contribution in [0.5, 0.6) is 0 Å². The van der Waals surface area contributed by atoms with E-state index >= 15 is 0 Å². The first-order valence-electron chi connectivity index (χ1n) is 5.58. The average molecular weight is 242 g/mol. The molecule has 0 fully saturated rings. The predicted octanol–water partition coefficient (Wildman–Crippen LogP) is 2.47. The van der Waals surface area contributed by atoms with E-state index in [1.165, 1.54) is 19.9 Å². The molecule has 98 valence electrons. The summed E-state index contributed by atoms with van der Waals surface area (Å²) in [6, 6.07) is 0. The van der Waals surface area contributed by atoms with Crippen LogP contribution in [0.1, 0.15) is 41.5 Å². The third-order valence-corrected chi connectivity index (χ3v) is 1.97. The third-order valence-electron chi connectivity index (χ3n) is 1.97. The Morgan fingerprint density at radius 3 is 1.94 bits per heavy atom. The molecule has 4 nitrogen and oxygen atoms in total. The first kappa shape index (κ1) is 15.7. The lowest BCUT2D eigenvalue weighted by Gasteiger charge is -2.28. The highest BCUT2D eigenvalue weighted by Gasteiger charge is 2.36. The van der Waals surface area contributed by atoms with Gasteiger partial charge in [-0.2, -0.15) is 0 Å². The van der Waals surface area contributed by atoms with Crippen LogP contribution in [0.4, 0.5) is 0 Å². The number of hydrogen-bond donors (Lipinski definition) is 0. The van der Waals surface area contributed by atoms with Gasteiger partial charge >= 0.3 is 11.9 Å². The second kappa shape index (κ2) is 5.34. The van der Waals surface area contributed by atoms with E-state index in [1.54, 1.807) is 27.7 Å². The number of carbonyl (C=O) groups excluding carboxylic acids is 2. The van der Waals surface area contributed by atoms with Crippen LogP contribution < -0.4 is 0 Å². The van der Waals surface area contributed by atoms with Crippen molar-refractivity contribution in [3.05, 3.63) is 12.7 Å². The van der Waals surface area contributed by atoms with E-state index in [4.69, 9.17) is 9.47 Å². The van der Waals surface area contributed by atoms with Crippen molar-refractivity contribution in [2.75, 3.05) is 0 Å².